The molecule has 5 heteroatoms. The van der Waals surface area contributed by atoms with Gasteiger partial charge < -0.3 is 5.11 Å². The first-order chi connectivity index (χ1) is 7.61. The van der Waals surface area contributed by atoms with Gasteiger partial charge in [0.1, 0.15) is 0 Å². The van der Waals surface area contributed by atoms with Crippen LogP contribution in [0, 0.1) is 6.92 Å². The van der Waals surface area contributed by atoms with Crippen LogP contribution in [0.15, 0.2) is 18.2 Å². The predicted octanol–water partition coefficient (Wildman–Crippen LogP) is 2.64. The topological polar surface area (TPSA) is 55.1 Å². The Kier molecular flexibility index (Phi) is 2.78. The maximum atomic E-state index is 10.8. The number of aryl methyl sites for hydroxylation is 2. The first kappa shape index (κ1) is 10.9. The van der Waals surface area contributed by atoms with Gasteiger partial charge in [-0.15, -0.1) is 11.3 Å². The molecule has 0 amide bonds. The average Bonchev–Trinajstić information content (AvgIpc) is 2.82. The van der Waals surface area contributed by atoms with Crippen LogP contribution >= 0.6 is 11.3 Å². The van der Waals surface area contributed by atoms with Crippen molar-refractivity contribution in [3.05, 3.63) is 28.8 Å². The number of thiophene rings is 1. The highest BCUT2D eigenvalue weighted by Crippen LogP contribution is 2.28. The van der Waals surface area contributed by atoms with Gasteiger partial charge in [-0.25, -0.2) is 4.79 Å². The van der Waals surface area contributed by atoms with Crippen LogP contribution in [-0.2, 0) is 6.54 Å². The Balaban J connectivity index is 2.51. The van der Waals surface area contributed by atoms with Gasteiger partial charge in [-0.05, 0) is 32.0 Å². The van der Waals surface area contributed by atoms with Crippen molar-refractivity contribution in [3.8, 4) is 10.6 Å². The molecule has 0 bridgehead atoms. The molecule has 2 aromatic rings. The van der Waals surface area contributed by atoms with Crippen LogP contribution < -0.4 is 0 Å². The normalized spacial score (nSPS) is 10.6. The lowest BCUT2D eigenvalue weighted by Gasteiger charge is -2.00. The number of hydrogen-bond donors (Lipinski definition) is 1. The molecule has 2 heterocycles. The highest BCUT2D eigenvalue weighted by molar-refractivity contribution is 7.15. The minimum absolute atomic E-state index is 0.0999. The number of rotatable bonds is 3. The van der Waals surface area contributed by atoms with Crippen LogP contribution in [0.4, 0.5) is 0 Å². The molecule has 1 N–H and O–H groups in total. The van der Waals surface area contributed by atoms with E-state index < -0.39 is 5.97 Å². The second-order valence-corrected chi connectivity index (χ2v) is 4.73. The van der Waals surface area contributed by atoms with E-state index in [1.165, 1.54) is 4.88 Å². The second-order valence-electron chi connectivity index (χ2n) is 3.45. The van der Waals surface area contributed by atoms with Crippen molar-refractivity contribution in [1.29, 1.82) is 0 Å². The summed E-state index contributed by atoms with van der Waals surface area (Å²) in [5.74, 6) is -0.985. The van der Waals surface area contributed by atoms with Crippen LogP contribution in [0.1, 0.15) is 22.3 Å². The maximum Gasteiger partial charge on any atom is 0.356 e. The van der Waals surface area contributed by atoms with Crippen molar-refractivity contribution in [2.75, 3.05) is 0 Å². The summed E-state index contributed by atoms with van der Waals surface area (Å²) in [6.45, 7) is 4.64. The summed E-state index contributed by atoms with van der Waals surface area (Å²) in [6, 6.07) is 5.64. The number of carboxylic acid groups (broad SMARTS) is 1. The van der Waals surface area contributed by atoms with E-state index in [0.29, 0.717) is 6.54 Å². The largest absolute Gasteiger partial charge is 0.476 e. The van der Waals surface area contributed by atoms with Crippen molar-refractivity contribution in [2.24, 2.45) is 0 Å². The third kappa shape index (κ3) is 1.86. The lowest BCUT2D eigenvalue weighted by atomic mass is 10.3. The SMILES string of the molecule is CCn1nc(C(=O)O)cc1-c1ccc(C)s1. The molecule has 0 aliphatic rings. The lowest BCUT2D eigenvalue weighted by molar-refractivity contribution is 0.0689. The molecule has 0 aliphatic heterocycles. The van der Waals surface area contributed by atoms with Gasteiger partial charge in [0.25, 0.3) is 0 Å². The molecule has 0 radical (unpaired) electrons. The summed E-state index contributed by atoms with van der Waals surface area (Å²) in [6.07, 6.45) is 0. The molecule has 16 heavy (non-hydrogen) atoms. The van der Waals surface area contributed by atoms with Crippen LogP contribution in [-0.4, -0.2) is 20.9 Å². The first-order valence-electron chi connectivity index (χ1n) is 4.99. The quantitative estimate of drug-likeness (QED) is 0.891. The lowest BCUT2D eigenvalue weighted by Crippen LogP contribution is -2.02. The number of carboxylic acids is 1. The average molecular weight is 236 g/mol. The van der Waals surface area contributed by atoms with Gasteiger partial charge in [-0.3, -0.25) is 4.68 Å². The third-order valence-corrected chi connectivity index (χ3v) is 3.31. The minimum atomic E-state index is -0.985. The Hall–Kier alpha value is -1.62. The molecule has 0 fully saturated rings. The molecule has 84 valence electrons. The number of carbonyl (C=O) groups is 1. The van der Waals surface area contributed by atoms with Crippen molar-refractivity contribution in [1.82, 2.24) is 9.78 Å². The zero-order valence-electron chi connectivity index (χ0n) is 9.10. The Morgan fingerprint density at radius 1 is 1.56 bits per heavy atom. The van der Waals surface area contributed by atoms with Crippen LogP contribution in [0.5, 0.6) is 0 Å². The molecule has 0 saturated carbocycles. The van der Waals surface area contributed by atoms with E-state index in [0.717, 1.165) is 10.6 Å². The third-order valence-electron chi connectivity index (χ3n) is 2.29. The summed E-state index contributed by atoms with van der Waals surface area (Å²) in [5.41, 5.74) is 0.973. The maximum absolute atomic E-state index is 10.8. The van der Waals surface area contributed by atoms with Crippen molar-refractivity contribution in [2.45, 2.75) is 20.4 Å². The van der Waals surface area contributed by atoms with E-state index in [9.17, 15) is 4.79 Å². The molecular weight excluding hydrogens is 224 g/mol. The number of hydrogen-bond acceptors (Lipinski definition) is 3. The summed E-state index contributed by atoms with van der Waals surface area (Å²) in [7, 11) is 0. The Bertz CT molecular complexity index is 528. The van der Waals surface area contributed by atoms with Crippen molar-refractivity contribution >= 4 is 17.3 Å². The van der Waals surface area contributed by atoms with E-state index in [1.54, 1.807) is 22.1 Å². The fourth-order valence-corrected chi connectivity index (χ4v) is 2.42. The summed E-state index contributed by atoms with van der Waals surface area (Å²) < 4.78 is 1.72. The fraction of sp³-hybridized carbons (Fsp3) is 0.273. The van der Waals surface area contributed by atoms with Crippen LogP contribution in [0.2, 0.25) is 0 Å². The Labute approximate surface area is 97.2 Å². The van der Waals surface area contributed by atoms with Gasteiger partial charge in [0, 0.05) is 11.4 Å². The molecule has 2 aromatic heterocycles. The summed E-state index contributed by atoms with van der Waals surface area (Å²) >= 11 is 1.64. The van der Waals surface area contributed by atoms with Crippen LogP contribution in [0.25, 0.3) is 10.6 Å². The van der Waals surface area contributed by atoms with Crippen molar-refractivity contribution in [3.63, 3.8) is 0 Å². The fourth-order valence-electron chi connectivity index (χ4n) is 1.53. The Morgan fingerprint density at radius 2 is 2.31 bits per heavy atom. The van der Waals surface area contributed by atoms with E-state index in [4.69, 9.17) is 5.11 Å². The standard InChI is InChI=1S/C11H12N2O2S/c1-3-13-9(6-8(12-13)11(14)15)10-5-4-7(2)16-10/h4-6H,3H2,1-2H3,(H,14,15). The highest BCUT2D eigenvalue weighted by Gasteiger charge is 2.14. The van der Waals surface area contributed by atoms with Gasteiger partial charge in [-0.1, -0.05) is 0 Å². The second kappa shape index (κ2) is 4.09. The molecule has 0 spiro atoms. The molecule has 0 atom stereocenters. The molecule has 0 unspecified atom stereocenters. The molecular formula is C11H12N2O2S. The van der Waals surface area contributed by atoms with Gasteiger partial charge in [0.15, 0.2) is 5.69 Å². The molecule has 0 aromatic carbocycles. The Morgan fingerprint density at radius 3 is 2.81 bits per heavy atom. The number of aromatic carboxylic acids is 1. The van der Waals surface area contributed by atoms with Gasteiger partial charge in [0.2, 0.25) is 0 Å². The number of nitrogens with zero attached hydrogens (tertiary/aromatic N) is 2. The van der Waals surface area contributed by atoms with Crippen molar-refractivity contribution < 1.29 is 9.90 Å². The minimum Gasteiger partial charge on any atom is -0.476 e. The summed E-state index contributed by atoms with van der Waals surface area (Å²) in [4.78, 5) is 13.1. The zero-order chi connectivity index (χ0) is 11.7. The van der Waals surface area contributed by atoms with E-state index in [1.807, 2.05) is 26.0 Å². The van der Waals surface area contributed by atoms with E-state index in [2.05, 4.69) is 5.10 Å². The molecule has 0 aliphatic carbocycles. The first-order valence-corrected chi connectivity index (χ1v) is 5.81. The predicted molar refractivity (Wildman–Crippen MR) is 62.9 cm³/mol. The van der Waals surface area contributed by atoms with E-state index in [-0.39, 0.29) is 5.69 Å². The molecule has 2 rings (SSSR count). The van der Waals surface area contributed by atoms with Gasteiger partial charge >= 0.3 is 5.97 Å². The molecule has 4 nitrogen and oxygen atoms in total. The number of aromatic nitrogens is 2. The van der Waals surface area contributed by atoms with Gasteiger partial charge in [0.05, 0.1) is 10.6 Å². The monoisotopic (exact) mass is 236 g/mol. The van der Waals surface area contributed by atoms with Crippen LogP contribution in [0.3, 0.4) is 0 Å². The summed E-state index contributed by atoms with van der Waals surface area (Å²) in [5, 5.41) is 12.9. The highest BCUT2D eigenvalue weighted by atomic mass is 32.1. The smallest absolute Gasteiger partial charge is 0.356 e. The van der Waals surface area contributed by atoms with E-state index >= 15 is 0 Å². The zero-order valence-corrected chi connectivity index (χ0v) is 9.91. The van der Waals surface area contributed by atoms with Gasteiger partial charge in [-0.2, -0.15) is 5.10 Å². The molecule has 0 saturated heterocycles.